The number of anilines is 1. The van der Waals surface area contributed by atoms with Crippen molar-refractivity contribution in [2.24, 2.45) is 0 Å². The lowest BCUT2D eigenvalue weighted by Crippen LogP contribution is -2.29. The lowest BCUT2D eigenvalue weighted by Gasteiger charge is -2.17. The highest BCUT2D eigenvalue weighted by atomic mass is 16.5. The Balaban J connectivity index is 1.70. The maximum absolute atomic E-state index is 12.6. The first kappa shape index (κ1) is 19.9. The van der Waals surface area contributed by atoms with Gasteiger partial charge in [-0.1, -0.05) is 32.0 Å². The maximum atomic E-state index is 12.6. The van der Waals surface area contributed by atoms with Crippen LogP contribution in [0, 0.1) is 6.92 Å². The Morgan fingerprint density at radius 3 is 2.64 bits per heavy atom. The normalized spacial score (nSPS) is 15.7. The van der Waals surface area contributed by atoms with Gasteiger partial charge in [0.25, 0.3) is 0 Å². The minimum Gasteiger partial charge on any atom is -0.496 e. The van der Waals surface area contributed by atoms with E-state index in [0.29, 0.717) is 12.5 Å². The van der Waals surface area contributed by atoms with E-state index in [-0.39, 0.29) is 18.2 Å². The molecule has 0 saturated heterocycles. The molecule has 2 amide bonds. The largest absolute Gasteiger partial charge is 0.496 e. The van der Waals surface area contributed by atoms with Gasteiger partial charge in [-0.2, -0.15) is 0 Å². The summed E-state index contributed by atoms with van der Waals surface area (Å²) in [6.45, 7) is 6.69. The first-order valence-corrected chi connectivity index (χ1v) is 9.64. The Morgan fingerprint density at radius 2 is 1.96 bits per heavy atom. The van der Waals surface area contributed by atoms with E-state index in [0.717, 1.165) is 33.7 Å². The van der Waals surface area contributed by atoms with Crippen LogP contribution in [0.15, 0.2) is 36.4 Å². The van der Waals surface area contributed by atoms with Gasteiger partial charge in [0.1, 0.15) is 5.75 Å². The molecule has 5 heteroatoms. The Hall–Kier alpha value is -2.82. The van der Waals surface area contributed by atoms with Crippen molar-refractivity contribution in [1.82, 2.24) is 5.32 Å². The average molecular weight is 380 g/mol. The van der Waals surface area contributed by atoms with E-state index in [2.05, 4.69) is 25.2 Å². The van der Waals surface area contributed by atoms with Crippen LogP contribution in [0.2, 0.25) is 0 Å². The molecule has 28 heavy (non-hydrogen) atoms. The second-order valence-corrected chi connectivity index (χ2v) is 7.66. The number of carbonyl (C=O) groups is 2. The van der Waals surface area contributed by atoms with Crippen LogP contribution in [0.4, 0.5) is 5.69 Å². The third-order valence-electron chi connectivity index (χ3n) is 5.48. The minimum atomic E-state index is -0.413. The Bertz CT molecular complexity index is 905. The molecular formula is C23H28N2O3. The van der Waals surface area contributed by atoms with Crippen LogP contribution in [-0.2, 0) is 16.1 Å². The summed E-state index contributed by atoms with van der Waals surface area (Å²) < 4.78 is 5.48. The number of rotatable bonds is 6. The first-order valence-electron chi connectivity index (χ1n) is 9.64. The van der Waals surface area contributed by atoms with Gasteiger partial charge in [0.15, 0.2) is 0 Å². The second kappa shape index (κ2) is 8.05. The van der Waals surface area contributed by atoms with Gasteiger partial charge in [-0.05, 0) is 53.3 Å². The summed E-state index contributed by atoms with van der Waals surface area (Å²) in [5, 5.41) is 2.99. The molecule has 1 aliphatic heterocycles. The highest BCUT2D eigenvalue weighted by Gasteiger charge is 2.36. The molecular weight excluding hydrogens is 352 g/mol. The molecule has 1 heterocycles. The van der Waals surface area contributed by atoms with Gasteiger partial charge in [-0.25, -0.2) is 0 Å². The van der Waals surface area contributed by atoms with E-state index in [1.165, 1.54) is 0 Å². The predicted molar refractivity (Wildman–Crippen MR) is 111 cm³/mol. The number of benzene rings is 2. The zero-order valence-corrected chi connectivity index (χ0v) is 17.2. The number of likely N-dealkylation sites (N-methyl/N-ethyl adjacent to an activating group) is 1. The number of hydrogen-bond acceptors (Lipinski definition) is 3. The van der Waals surface area contributed by atoms with Crippen LogP contribution < -0.4 is 15.0 Å². The van der Waals surface area contributed by atoms with Crippen LogP contribution in [0.25, 0.3) is 0 Å². The van der Waals surface area contributed by atoms with E-state index in [9.17, 15) is 9.59 Å². The fourth-order valence-corrected chi connectivity index (χ4v) is 3.79. The molecule has 0 aromatic heterocycles. The quantitative estimate of drug-likeness (QED) is 0.827. The number of ether oxygens (including phenoxy) is 1. The summed E-state index contributed by atoms with van der Waals surface area (Å²) in [4.78, 5) is 26.8. The van der Waals surface area contributed by atoms with Crippen LogP contribution in [0.5, 0.6) is 5.75 Å². The molecule has 0 saturated carbocycles. The van der Waals surface area contributed by atoms with Gasteiger partial charge in [-0.15, -0.1) is 0 Å². The van der Waals surface area contributed by atoms with E-state index in [1.807, 2.05) is 37.3 Å². The summed E-state index contributed by atoms with van der Waals surface area (Å²) in [6, 6.07) is 11.8. The third-order valence-corrected chi connectivity index (χ3v) is 5.48. The fourth-order valence-electron chi connectivity index (χ4n) is 3.79. The zero-order chi connectivity index (χ0) is 20.4. The zero-order valence-electron chi connectivity index (χ0n) is 17.2. The summed E-state index contributed by atoms with van der Waals surface area (Å²) in [6.07, 6.45) is 0.159. The van der Waals surface area contributed by atoms with E-state index < -0.39 is 5.92 Å². The number of hydrogen-bond donors (Lipinski definition) is 1. The number of carbonyl (C=O) groups excluding carboxylic acids is 2. The van der Waals surface area contributed by atoms with Crippen molar-refractivity contribution >= 4 is 17.5 Å². The number of aryl methyl sites for hydroxylation is 1. The molecule has 0 unspecified atom stereocenters. The lowest BCUT2D eigenvalue weighted by molar-refractivity contribution is -0.126. The van der Waals surface area contributed by atoms with E-state index in [4.69, 9.17) is 4.74 Å². The number of fused-ring (bicyclic) bond motifs is 1. The molecule has 2 aromatic rings. The van der Waals surface area contributed by atoms with Crippen molar-refractivity contribution in [3.63, 3.8) is 0 Å². The molecule has 1 aliphatic rings. The van der Waals surface area contributed by atoms with Gasteiger partial charge < -0.3 is 15.0 Å². The third kappa shape index (κ3) is 3.75. The summed E-state index contributed by atoms with van der Waals surface area (Å²) in [5.41, 5.74) is 5.07. The average Bonchev–Trinajstić information content (AvgIpc) is 2.91. The molecule has 1 N–H and O–H groups in total. The molecule has 0 radical (unpaired) electrons. The fraction of sp³-hybridized carbons (Fsp3) is 0.391. The van der Waals surface area contributed by atoms with Crippen LogP contribution in [-0.4, -0.2) is 26.0 Å². The SMILES string of the molecule is COc1cc(C)c(CNC(=O)C[C@@H]2C(=O)N(C)c3ccccc32)cc1C(C)C. The lowest BCUT2D eigenvalue weighted by atomic mass is 9.95. The van der Waals surface area contributed by atoms with Crippen molar-refractivity contribution in [2.75, 3.05) is 19.1 Å². The number of nitrogens with zero attached hydrogens (tertiary/aromatic N) is 1. The Labute approximate surface area is 166 Å². The number of methoxy groups -OCH3 is 1. The molecule has 148 valence electrons. The molecule has 5 nitrogen and oxygen atoms in total. The maximum Gasteiger partial charge on any atom is 0.234 e. The molecule has 1 atom stereocenters. The van der Waals surface area contributed by atoms with Gasteiger partial charge in [0.2, 0.25) is 11.8 Å². The molecule has 3 rings (SSSR count). The summed E-state index contributed by atoms with van der Waals surface area (Å²) in [7, 11) is 3.43. The van der Waals surface area contributed by atoms with Crippen LogP contribution in [0.3, 0.4) is 0 Å². The first-order chi connectivity index (χ1) is 13.3. The molecule has 0 spiro atoms. The smallest absolute Gasteiger partial charge is 0.234 e. The number of amides is 2. The van der Waals surface area contributed by atoms with Crippen molar-refractivity contribution in [3.05, 3.63) is 58.7 Å². The topological polar surface area (TPSA) is 58.6 Å². The van der Waals surface area contributed by atoms with Crippen molar-refractivity contribution in [3.8, 4) is 5.75 Å². The van der Waals surface area contributed by atoms with Crippen molar-refractivity contribution in [2.45, 2.75) is 45.6 Å². The monoisotopic (exact) mass is 380 g/mol. The van der Waals surface area contributed by atoms with Crippen LogP contribution in [0.1, 0.15) is 54.4 Å². The molecule has 0 fully saturated rings. The highest BCUT2D eigenvalue weighted by molar-refractivity contribution is 6.06. The highest BCUT2D eigenvalue weighted by Crippen LogP contribution is 2.38. The van der Waals surface area contributed by atoms with E-state index in [1.54, 1.807) is 19.1 Å². The Morgan fingerprint density at radius 1 is 1.25 bits per heavy atom. The van der Waals surface area contributed by atoms with Crippen molar-refractivity contribution in [1.29, 1.82) is 0 Å². The minimum absolute atomic E-state index is 0.0286. The molecule has 0 bridgehead atoms. The standard InChI is InChI=1S/C23H28N2O3/c1-14(2)18-11-16(15(3)10-21(18)28-5)13-24-22(26)12-19-17-8-6-7-9-20(17)25(4)23(19)27/h6-11,14,19H,12-13H2,1-5H3,(H,24,26)/t19-/m0/s1. The molecule has 2 aromatic carbocycles. The van der Waals surface area contributed by atoms with Gasteiger partial charge in [-0.3, -0.25) is 9.59 Å². The summed E-state index contributed by atoms with van der Waals surface area (Å²) in [5.74, 6) is 0.639. The molecule has 0 aliphatic carbocycles. The second-order valence-electron chi connectivity index (χ2n) is 7.66. The van der Waals surface area contributed by atoms with Crippen LogP contribution >= 0.6 is 0 Å². The van der Waals surface area contributed by atoms with Gasteiger partial charge in [0, 0.05) is 25.7 Å². The number of para-hydroxylation sites is 1. The summed E-state index contributed by atoms with van der Waals surface area (Å²) >= 11 is 0. The Kier molecular flexibility index (Phi) is 5.73. The predicted octanol–water partition coefficient (Wildman–Crippen LogP) is 3.89. The number of nitrogens with one attached hydrogen (secondary N) is 1. The van der Waals surface area contributed by atoms with E-state index >= 15 is 0 Å². The van der Waals surface area contributed by atoms with Crippen molar-refractivity contribution < 1.29 is 14.3 Å². The van der Waals surface area contributed by atoms with Gasteiger partial charge >= 0.3 is 0 Å². The van der Waals surface area contributed by atoms with Gasteiger partial charge in [0.05, 0.1) is 13.0 Å².